The Morgan fingerprint density at radius 1 is 1.42 bits per heavy atom. The fraction of sp³-hybridized carbons (Fsp3) is 0.667. The van der Waals surface area contributed by atoms with Gasteiger partial charge in [0.05, 0.1) is 0 Å². The second-order valence-corrected chi connectivity index (χ2v) is 4.25. The van der Waals surface area contributed by atoms with Crippen molar-refractivity contribution in [3.05, 3.63) is 0 Å². The third-order valence-corrected chi connectivity index (χ3v) is 0.668. The summed E-state index contributed by atoms with van der Waals surface area (Å²) in [6.45, 7) is 0.869. The molecule has 0 unspecified atom stereocenters. The Morgan fingerprint density at radius 3 is 1.67 bits per heavy atom. The van der Waals surface area contributed by atoms with Crippen LogP contribution in [0.2, 0.25) is 0 Å². The van der Waals surface area contributed by atoms with E-state index in [0.29, 0.717) is 0 Å². The number of carbonyl (C=O) groups excluding carboxylic acids is 1. The summed E-state index contributed by atoms with van der Waals surface area (Å²) in [6.07, 6.45) is 0. The lowest BCUT2D eigenvalue weighted by Crippen LogP contribution is -2.07. The molecule has 0 fully saturated rings. The van der Waals surface area contributed by atoms with Gasteiger partial charge in [-0.2, -0.15) is 8.42 Å². The fourth-order valence-electron chi connectivity index (χ4n) is 0.148. The van der Waals surface area contributed by atoms with Crippen LogP contribution in [0, 0.1) is 0 Å². The van der Waals surface area contributed by atoms with E-state index in [2.05, 4.69) is 4.18 Å². The van der Waals surface area contributed by atoms with Crippen molar-refractivity contribution in [2.24, 2.45) is 0 Å². The third-order valence-electron chi connectivity index (χ3n) is 0.223. The van der Waals surface area contributed by atoms with Crippen molar-refractivity contribution >= 4 is 51.2 Å². The van der Waals surface area contributed by atoms with Gasteiger partial charge >= 0.3 is 16.4 Å². The molecular formula is C3H5Cl3O5S. The first kappa shape index (κ1) is 14.8. The van der Waals surface area contributed by atoms with E-state index in [1.807, 2.05) is 0 Å². The minimum absolute atomic E-state index is 0.750. The molecule has 0 aliphatic heterocycles. The minimum atomic E-state index is -4.57. The first-order valence-corrected chi connectivity index (χ1v) is 4.92. The molecule has 12 heavy (non-hydrogen) atoms. The standard InChI is InChI=1S/C2H4O5S.CHCl3/c1-2(3)7-8(4,5)6;2-1(3)4/h1H3,(H,4,5,6);1H. The highest BCUT2D eigenvalue weighted by Gasteiger charge is 2.06. The Kier molecular flexibility index (Phi) is 8.28. The van der Waals surface area contributed by atoms with E-state index >= 15 is 0 Å². The lowest BCUT2D eigenvalue weighted by Gasteiger charge is -1.90. The molecule has 5 nitrogen and oxygen atoms in total. The number of rotatable bonds is 1. The fourth-order valence-corrected chi connectivity index (χ4v) is 0.445. The van der Waals surface area contributed by atoms with Crippen LogP contribution >= 0.6 is 34.8 Å². The molecule has 0 aromatic heterocycles. The molecule has 0 rings (SSSR count). The van der Waals surface area contributed by atoms with Crippen molar-refractivity contribution in [1.82, 2.24) is 0 Å². The van der Waals surface area contributed by atoms with Gasteiger partial charge in [-0.15, -0.1) is 0 Å². The molecule has 0 saturated heterocycles. The van der Waals surface area contributed by atoms with E-state index in [9.17, 15) is 13.2 Å². The van der Waals surface area contributed by atoms with Crippen molar-refractivity contribution in [1.29, 1.82) is 0 Å². The molecular weight excluding hydrogens is 254 g/mol. The number of halogens is 3. The van der Waals surface area contributed by atoms with Crippen molar-refractivity contribution < 1.29 is 21.9 Å². The SMILES string of the molecule is CC(=O)OS(=O)(=O)O.ClC(Cl)Cl. The molecule has 0 spiro atoms. The Morgan fingerprint density at radius 2 is 1.67 bits per heavy atom. The van der Waals surface area contributed by atoms with Gasteiger partial charge in [0.25, 0.3) is 0 Å². The third kappa shape index (κ3) is 31.8. The summed E-state index contributed by atoms with van der Waals surface area (Å²) >= 11 is 14.4. The van der Waals surface area contributed by atoms with Gasteiger partial charge in [-0.25, -0.2) is 0 Å². The lowest BCUT2D eigenvalue weighted by atomic mass is 10.9. The van der Waals surface area contributed by atoms with Crippen LogP contribution in [-0.2, 0) is 19.4 Å². The molecule has 0 heterocycles. The number of hydrogen-bond acceptors (Lipinski definition) is 4. The topological polar surface area (TPSA) is 80.7 Å². The minimum Gasteiger partial charge on any atom is -0.325 e. The number of carbonyl (C=O) groups is 1. The average Bonchev–Trinajstić information content (AvgIpc) is 1.52. The Labute approximate surface area is 84.5 Å². The van der Waals surface area contributed by atoms with E-state index < -0.39 is 20.7 Å². The molecule has 0 amide bonds. The van der Waals surface area contributed by atoms with Gasteiger partial charge in [-0.3, -0.25) is 9.35 Å². The molecule has 0 atom stereocenters. The molecule has 0 radical (unpaired) electrons. The first-order chi connectivity index (χ1) is 5.15. The predicted molar refractivity (Wildman–Crippen MR) is 44.7 cm³/mol. The number of hydrogen-bond donors (Lipinski definition) is 1. The lowest BCUT2D eigenvalue weighted by molar-refractivity contribution is -0.131. The Balaban J connectivity index is 0. The van der Waals surface area contributed by atoms with Crippen molar-refractivity contribution in [3.63, 3.8) is 0 Å². The summed E-state index contributed by atoms with van der Waals surface area (Å²) in [5.74, 6) is -1.06. The molecule has 1 N–H and O–H groups in total. The van der Waals surface area contributed by atoms with Crippen LogP contribution in [0.15, 0.2) is 0 Å². The van der Waals surface area contributed by atoms with Crippen LogP contribution in [-0.4, -0.2) is 23.2 Å². The monoisotopic (exact) mass is 258 g/mol. The van der Waals surface area contributed by atoms with Crippen LogP contribution in [0.25, 0.3) is 0 Å². The normalized spacial score (nSPS) is 10.2. The summed E-state index contributed by atoms with van der Waals surface area (Å²) in [7, 11) is -4.57. The molecule has 0 aliphatic rings. The predicted octanol–water partition coefficient (Wildman–Crippen LogP) is 1.34. The summed E-state index contributed by atoms with van der Waals surface area (Å²) in [6, 6.07) is 0. The summed E-state index contributed by atoms with van der Waals surface area (Å²) < 4.78 is 29.4. The van der Waals surface area contributed by atoms with Gasteiger partial charge in [0.15, 0.2) is 4.30 Å². The van der Waals surface area contributed by atoms with Gasteiger partial charge in [0.1, 0.15) is 0 Å². The van der Waals surface area contributed by atoms with Crippen molar-refractivity contribution in [2.75, 3.05) is 0 Å². The highest BCUT2D eigenvalue weighted by atomic mass is 35.6. The second kappa shape index (κ2) is 6.73. The van der Waals surface area contributed by atoms with Crippen molar-refractivity contribution in [2.45, 2.75) is 11.2 Å². The maximum atomic E-state index is 9.70. The highest BCUT2D eigenvalue weighted by molar-refractivity contribution is 7.81. The zero-order chi connectivity index (χ0) is 10.4. The quantitative estimate of drug-likeness (QED) is 0.568. The van der Waals surface area contributed by atoms with Crippen LogP contribution < -0.4 is 0 Å². The maximum Gasteiger partial charge on any atom is 0.448 e. The molecule has 0 aliphatic carbocycles. The molecule has 0 aromatic carbocycles. The average molecular weight is 259 g/mol. The van der Waals surface area contributed by atoms with Crippen LogP contribution in [0.5, 0.6) is 0 Å². The maximum absolute atomic E-state index is 9.70. The molecule has 0 aromatic rings. The summed E-state index contributed by atoms with van der Waals surface area (Å²) in [5.41, 5.74) is 0. The molecule has 9 heteroatoms. The van der Waals surface area contributed by atoms with Gasteiger partial charge in [-0.05, 0) is 0 Å². The summed E-state index contributed by atoms with van der Waals surface area (Å²) in [4.78, 5) is 9.70. The smallest absolute Gasteiger partial charge is 0.325 e. The first-order valence-electron chi connectivity index (χ1n) is 2.25. The van der Waals surface area contributed by atoms with Gasteiger partial charge < -0.3 is 4.18 Å². The van der Waals surface area contributed by atoms with Crippen LogP contribution in [0.4, 0.5) is 0 Å². The zero-order valence-corrected chi connectivity index (χ0v) is 8.78. The van der Waals surface area contributed by atoms with E-state index in [4.69, 9.17) is 39.4 Å². The second-order valence-electron chi connectivity index (χ2n) is 1.25. The van der Waals surface area contributed by atoms with E-state index in [0.717, 1.165) is 6.92 Å². The highest BCUT2D eigenvalue weighted by Crippen LogP contribution is 2.03. The van der Waals surface area contributed by atoms with Crippen molar-refractivity contribution in [3.8, 4) is 0 Å². The van der Waals surface area contributed by atoms with E-state index in [-0.39, 0.29) is 0 Å². The van der Waals surface area contributed by atoms with Crippen LogP contribution in [0.3, 0.4) is 0 Å². The van der Waals surface area contributed by atoms with E-state index in [1.165, 1.54) is 0 Å². The van der Waals surface area contributed by atoms with Gasteiger partial charge in [0, 0.05) is 6.92 Å². The Hall–Kier alpha value is 0.250. The molecule has 0 bridgehead atoms. The number of alkyl halides is 3. The molecule has 0 saturated carbocycles. The van der Waals surface area contributed by atoms with E-state index in [1.54, 1.807) is 0 Å². The van der Waals surface area contributed by atoms with Gasteiger partial charge in [-0.1, -0.05) is 34.8 Å². The van der Waals surface area contributed by atoms with Gasteiger partial charge in [0.2, 0.25) is 0 Å². The summed E-state index contributed by atoms with van der Waals surface area (Å²) in [5, 5.41) is 0. The van der Waals surface area contributed by atoms with Crippen LogP contribution in [0.1, 0.15) is 6.92 Å². The Bertz CT molecular complexity index is 219. The molecule has 74 valence electrons. The zero-order valence-electron chi connectivity index (χ0n) is 5.70. The largest absolute Gasteiger partial charge is 0.448 e.